The largest absolute Gasteiger partial charge is 0.324 e. The summed E-state index contributed by atoms with van der Waals surface area (Å²) in [4.78, 5) is 4.87. The summed E-state index contributed by atoms with van der Waals surface area (Å²) < 4.78 is 0. The van der Waals surface area contributed by atoms with Crippen LogP contribution < -0.4 is 11.1 Å². The highest BCUT2D eigenvalue weighted by atomic mass is 14.9. The summed E-state index contributed by atoms with van der Waals surface area (Å²) in [5, 5.41) is 4.62. The van der Waals surface area contributed by atoms with Crippen LogP contribution in [0.5, 0.6) is 0 Å². The van der Waals surface area contributed by atoms with Gasteiger partial charge in [-0.15, -0.1) is 0 Å². The maximum Gasteiger partial charge on any atom is 0.0713 e. The Kier molecular flexibility index (Phi) is 4.77. The maximum atomic E-state index is 6.69. The lowest BCUT2D eigenvalue weighted by molar-refractivity contribution is 0.333. The molecule has 0 bridgehead atoms. The Morgan fingerprint density at radius 3 is 2.52 bits per heavy atom. The summed E-state index contributed by atoms with van der Waals surface area (Å²) in [5.74, 6) is 0.711. The first kappa shape index (κ1) is 16.2. The van der Waals surface area contributed by atoms with Gasteiger partial charge in [0.05, 0.1) is 11.2 Å². The zero-order chi connectivity index (χ0) is 17.1. The number of aromatic nitrogens is 1. The number of hydrogen-bond donors (Lipinski definition) is 2. The van der Waals surface area contributed by atoms with Crippen molar-refractivity contribution in [3.05, 3.63) is 66.2 Å². The average molecular weight is 331 g/mol. The summed E-state index contributed by atoms with van der Waals surface area (Å²) in [6.07, 6.45) is 3.49. The molecule has 4 rings (SSSR count). The first-order valence-electron chi connectivity index (χ1n) is 9.22. The molecule has 1 aliphatic heterocycles. The zero-order valence-corrected chi connectivity index (χ0v) is 14.5. The molecule has 1 aromatic heterocycles. The van der Waals surface area contributed by atoms with Crippen LogP contribution in [0.2, 0.25) is 0 Å². The van der Waals surface area contributed by atoms with Gasteiger partial charge in [0.15, 0.2) is 0 Å². The Hall–Kier alpha value is -2.23. The van der Waals surface area contributed by atoms with E-state index in [1.54, 1.807) is 0 Å². The molecule has 0 amide bonds. The van der Waals surface area contributed by atoms with Crippen LogP contribution in [0.4, 0.5) is 0 Å². The molecular formula is C22H25N3. The van der Waals surface area contributed by atoms with Crippen molar-refractivity contribution >= 4 is 10.9 Å². The molecule has 1 aliphatic rings. The first-order valence-corrected chi connectivity index (χ1v) is 9.22. The predicted molar refractivity (Wildman–Crippen MR) is 104 cm³/mol. The van der Waals surface area contributed by atoms with Gasteiger partial charge in [0, 0.05) is 17.0 Å². The molecular weight excluding hydrogens is 306 g/mol. The fourth-order valence-corrected chi connectivity index (χ4v) is 3.87. The van der Waals surface area contributed by atoms with Crippen LogP contribution in [0.15, 0.2) is 60.7 Å². The van der Waals surface area contributed by atoms with Crippen LogP contribution in [0.3, 0.4) is 0 Å². The third-order valence-corrected chi connectivity index (χ3v) is 5.26. The van der Waals surface area contributed by atoms with Crippen molar-refractivity contribution in [1.82, 2.24) is 10.3 Å². The number of nitrogens with zero attached hydrogens (tertiary/aromatic N) is 1. The highest BCUT2D eigenvalue weighted by Crippen LogP contribution is 2.32. The number of rotatable bonds is 4. The Bertz CT molecular complexity index is 838. The van der Waals surface area contributed by atoms with Crippen LogP contribution in [0.1, 0.15) is 30.9 Å². The van der Waals surface area contributed by atoms with E-state index in [4.69, 9.17) is 10.7 Å². The molecule has 2 aromatic carbocycles. The molecule has 0 spiro atoms. The van der Waals surface area contributed by atoms with Crippen molar-refractivity contribution in [1.29, 1.82) is 0 Å². The van der Waals surface area contributed by atoms with E-state index in [0.29, 0.717) is 5.92 Å². The van der Waals surface area contributed by atoms with Crippen molar-refractivity contribution < 1.29 is 0 Å². The van der Waals surface area contributed by atoms with Crippen LogP contribution in [0, 0.1) is 5.92 Å². The molecule has 0 radical (unpaired) electrons. The van der Waals surface area contributed by atoms with E-state index in [-0.39, 0.29) is 6.04 Å². The maximum absolute atomic E-state index is 6.69. The summed E-state index contributed by atoms with van der Waals surface area (Å²) in [5.41, 5.74) is 11.1. The van der Waals surface area contributed by atoms with Gasteiger partial charge in [-0.25, -0.2) is 4.98 Å². The molecule has 3 N–H and O–H groups in total. The minimum atomic E-state index is 0.0541. The lowest BCUT2D eigenvalue weighted by atomic mass is 9.87. The van der Waals surface area contributed by atoms with E-state index >= 15 is 0 Å². The molecule has 1 saturated heterocycles. The lowest BCUT2D eigenvalue weighted by Crippen LogP contribution is -2.29. The number of nitrogens with one attached hydrogen (secondary N) is 1. The standard InChI is InChI=1S/C22H25N3/c23-20(14-16-10-12-24-13-11-16)19-15-22(17-6-2-1-3-7-17)25-21-9-5-4-8-18(19)21/h1-9,15-16,20,24H,10-14,23H2. The number of piperidine rings is 1. The molecule has 3 nitrogen and oxygen atoms in total. The summed E-state index contributed by atoms with van der Waals surface area (Å²) in [6, 6.07) is 21.0. The van der Waals surface area contributed by atoms with Crippen LogP contribution in [-0.2, 0) is 0 Å². The fourth-order valence-electron chi connectivity index (χ4n) is 3.87. The predicted octanol–water partition coefficient (Wildman–Crippen LogP) is 4.29. The van der Waals surface area contributed by atoms with E-state index in [2.05, 4.69) is 53.8 Å². The van der Waals surface area contributed by atoms with E-state index in [0.717, 1.165) is 36.3 Å². The second-order valence-corrected chi connectivity index (χ2v) is 7.02. The highest BCUT2D eigenvalue weighted by molar-refractivity contribution is 5.85. The molecule has 3 heteroatoms. The summed E-state index contributed by atoms with van der Waals surface area (Å²) >= 11 is 0. The van der Waals surface area contributed by atoms with Gasteiger partial charge in [-0.05, 0) is 56.0 Å². The third-order valence-electron chi connectivity index (χ3n) is 5.26. The van der Waals surface area contributed by atoms with Crippen LogP contribution >= 0.6 is 0 Å². The van der Waals surface area contributed by atoms with Crippen molar-refractivity contribution in [2.75, 3.05) is 13.1 Å². The number of fused-ring (bicyclic) bond motifs is 1. The van der Waals surface area contributed by atoms with Crippen molar-refractivity contribution in [2.24, 2.45) is 11.7 Å². The summed E-state index contributed by atoms with van der Waals surface area (Å²) in [6.45, 7) is 2.23. The van der Waals surface area contributed by atoms with E-state index < -0.39 is 0 Å². The zero-order valence-electron chi connectivity index (χ0n) is 14.5. The minimum Gasteiger partial charge on any atom is -0.324 e. The first-order chi connectivity index (χ1) is 12.3. The lowest BCUT2D eigenvalue weighted by Gasteiger charge is -2.26. The van der Waals surface area contributed by atoms with Gasteiger partial charge in [-0.3, -0.25) is 0 Å². The number of benzene rings is 2. The third kappa shape index (κ3) is 3.58. The quantitative estimate of drug-likeness (QED) is 0.750. The Balaban J connectivity index is 1.73. The Labute approximate surface area is 149 Å². The molecule has 25 heavy (non-hydrogen) atoms. The fraction of sp³-hybridized carbons (Fsp3) is 0.318. The number of nitrogens with two attached hydrogens (primary N) is 1. The molecule has 128 valence electrons. The molecule has 2 heterocycles. The number of pyridine rings is 1. The van der Waals surface area contributed by atoms with Crippen molar-refractivity contribution in [3.63, 3.8) is 0 Å². The van der Waals surface area contributed by atoms with Gasteiger partial charge in [-0.1, -0.05) is 48.5 Å². The Morgan fingerprint density at radius 1 is 1.00 bits per heavy atom. The van der Waals surface area contributed by atoms with E-state index in [9.17, 15) is 0 Å². The molecule has 0 saturated carbocycles. The second-order valence-electron chi connectivity index (χ2n) is 7.02. The van der Waals surface area contributed by atoms with Gasteiger partial charge >= 0.3 is 0 Å². The van der Waals surface area contributed by atoms with Gasteiger partial charge in [-0.2, -0.15) is 0 Å². The summed E-state index contributed by atoms with van der Waals surface area (Å²) in [7, 11) is 0. The SMILES string of the molecule is NC(CC1CCNCC1)c1cc(-c2ccccc2)nc2ccccc12. The number of hydrogen-bond acceptors (Lipinski definition) is 3. The van der Waals surface area contributed by atoms with Crippen molar-refractivity contribution in [2.45, 2.75) is 25.3 Å². The van der Waals surface area contributed by atoms with E-state index in [1.807, 2.05) is 12.1 Å². The van der Waals surface area contributed by atoms with E-state index in [1.165, 1.54) is 23.8 Å². The normalized spacial score (nSPS) is 16.8. The van der Waals surface area contributed by atoms with Gasteiger partial charge in [0.25, 0.3) is 0 Å². The average Bonchev–Trinajstić information content (AvgIpc) is 2.68. The monoisotopic (exact) mass is 331 g/mol. The van der Waals surface area contributed by atoms with Crippen molar-refractivity contribution in [3.8, 4) is 11.3 Å². The smallest absolute Gasteiger partial charge is 0.0713 e. The molecule has 1 atom stereocenters. The molecule has 1 fully saturated rings. The highest BCUT2D eigenvalue weighted by Gasteiger charge is 2.20. The van der Waals surface area contributed by atoms with Gasteiger partial charge < -0.3 is 11.1 Å². The van der Waals surface area contributed by atoms with Crippen LogP contribution in [-0.4, -0.2) is 18.1 Å². The molecule has 1 unspecified atom stereocenters. The van der Waals surface area contributed by atoms with Crippen LogP contribution in [0.25, 0.3) is 22.2 Å². The topological polar surface area (TPSA) is 50.9 Å². The molecule has 3 aromatic rings. The molecule has 0 aliphatic carbocycles. The van der Waals surface area contributed by atoms with Gasteiger partial charge in [0.1, 0.15) is 0 Å². The number of para-hydroxylation sites is 1. The second kappa shape index (κ2) is 7.34. The Morgan fingerprint density at radius 2 is 1.72 bits per heavy atom. The minimum absolute atomic E-state index is 0.0541. The van der Waals surface area contributed by atoms with Gasteiger partial charge in [0.2, 0.25) is 0 Å².